The number of hydrogen-bond donors (Lipinski definition) is 0. The fourth-order valence-corrected chi connectivity index (χ4v) is 4.08. The molecule has 0 spiro atoms. The van der Waals surface area contributed by atoms with E-state index in [0.29, 0.717) is 11.6 Å². The van der Waals surface area contributed by atoms with Gasteiger partial charge < -0.3 is 9.47 Å². The smallest absolute Gasteiger partial charge is 0.274 e. The lowest BCUT2D eigenvalue weighted by atomic mass is 9.93. The Hall–Kier alpha value is -2.15. The highest BCUT2D eigenvalue weighted by molar-refractivity contribution is 7.15. The zero-order valence-corrected chi connectivity index (χ0v) is 14.6. The zero-order chi connectivity index (χ0) is 16.5. The molecule has 1 saturated heterocycles. The first-order chi connectivity index (χ1) is 11.7. The molecular formula is C17H21N5OS. The first kappa shape index (κ1) is 15.4. The maximum Gasteiger partial charge on any atom is 0.274 e. The van der Waals surface area contributed by atoms with Crippen LogP contribution in [0.5, 0.6) is 0 Å². The lowest BCUT2D eigenvalue weighted by Gasteiger charge is -2.31. The quantitative estimate of drug-likeness (QED) is 0.732. The van der Waals surface area contributed by atoms with Gasteiger partial charge in [0.05, 0.1) is 0 Å². The number of likely N-dealkylation sites (tertiary alicyclic amines) is 1. The van der Waals surface area contributed by atoms with Gasteiger partial charge >= 0.3 is 0 Å². The fraction of sp³-hybridized carbons (Fsp3) is 0.471. The van der Waals surface area contributed by atoms with Crippen LogP contribution < -0.4 is 0 Å². The molecule has 0 bridgehead atoms. The molecule has 0 saturated carbocycles. The van der Waals surface area contributed by atoms with E-state index in [2.05, 4.69) is 14.5 Å². The number of piperidine rings is 1. The van der Waals surface area contributed by atoms with E-state index in [1.165, 1.54) is 0 Å². The Labute approximate surface area is 144 Å². The van der Waals surface area contributed by atoms with Crippen molar-refractivity contribution in [2.24, 2.45) is 5.92 Å². The summed E-state index contributed by atoms with van der Waals surface area (Å²) >= 11 is 1.55. The van der Waals surface area contributed by atoms with Gasteiger partial charge in [0.15, 0.2) is 4.96 Å². The van der Waals surface area contributed by atoms with Gasteiger partial charge in [0.2, 0.25) is 0 Å². The van der Waals surface area contributed by atoms with E-state index in [1.807, 2.05) is 46.4 Å². The highest BCUT2D eigenvalue weighted by Crippen LogP contribution is 2.23. The predicted octanol–water partition coefficient (Wildman–Crippen LogP) is 2.84. The molecule has 1 aliphatic rings. The summed E-state index contributed by atoms with van der Waals surface area (Å²) in [5.41, 5.74) is 0.564. The Bertz CT molecular complexity index is 812. The number of carbonyl (C=O) groups is 1. The molecule has 1 amide bonds. The van der Waals surface area contributed by atoms with Crippen LogP contribution in [0.3, 0.4) is 0 Å². The molecule has 1 aliphatic heterocycles. The molecule has 4 rings (SSSR count). The molecule has 0 aliphatic carbocycles. The maximum atomic E-state index is 12.6. The topological polar surface area (TPSA) is 55.4 Å². The Morgan fingerprint density at radius 1 is 1.33 bits per heavy atom. The Kier molecular flexibility index (Phi) is 4.10. The van der Waals surface area contributed by atoms with E-state index < -0.39 is 0 Å². The Balaban J connectivity index is 1.31. The van der Waals surface area contributed by atoms with Crippen molar-refractivity contribution >= 4 is 22.2 Å². The second-order valence-electron chi connectivity index (χ2n) is 6.41. The summed E-state index contributed by atoms with van der Waals surface area (Å²) in [4.78, 5) is 24.1. The minimum absolute atomic E-state index is 0.0646. The summed E-state index contributed by atoms with van der Waals surface area (Å²) in [6, 6.07) is 0. The molecule has 0 N–H and O–H groups in total. The fourth-order valence-electron chi connectivity index (χ4n) is 3.38. The van der Waals surface area contributed by atoms with Crippen LogP contribution in [0.4, 0.5) is 0 Å². The molecule has 3 aromatic heterocycles. The predicted molar refractivity (Wildman–Crippen MR) is 93.3 cm³/mol. The molecule has 7 heteroatoms. The number of hydrogen-bond acceptors (Lipinski definition) is 4. The number of amides is 1. The third-order valence-corrected chi connectivity index (χ3v) is 5.69. The number of fused-ring (bicyclic) bond motifs is 1. The molecule has 0 atom stereocenters. The van der Waals surface area contributed by atoms with E-state index in [1.54, 1.807) is 11.3 Å². The van der Waals surface area contributed by atoms with Gasteiger partial charge in [0.1, 0.15) is 11.5 Å². The van der Waals surface area contributed by atoms with Crippen molar-refractivity contribution in [2.45, 2.75) is 32.7 Å². The summed E-state index contributed by atoms with van der Waals surface area (Å²) in [5.74, 6) is 1.82. The molecule has 0 radical (unpaired) electrons. The van der Waals surface area contributed by atoms with Crippen molar-refractivity contribution in [2.75, 3.05) is 13.1 Å². The van der Waals surface area contributed by atoms with Crippen molar-refractivity contribution < 1.29 is 4.79 Å². The van der Waals surface area contributed by atoms with Crippen molar-refractivity contribution in [3.8, 4) is 0 Å². The van der Waals surface area contributed by atoms with Gasteiger partial charge in [0.25, 0.3) is 5.91 Å². The largest absolute Gasteiger partial charge is 0.337 e. The molecule has 0 aromatic carbocycles. The molecule has 4 heterocycles. The summed E-state index contributed by atoms with van der Waals surface area (Å²) in [6.07, 6.45) is 11.0. The van der Waals surface area contributed by atoms with E-state index in [4.69, 9.17) is 0 Å². The van der Waals surface area contributed by atoms with Crippen LogP contribution in [0.1, 0.15) is 35.6 Å². The third-order valence-electron chi connectivity index (χ3n) is 4.92. The van der Waals surface area contributed by atoms with Gasteiger partial charge in [-0.3, -0.25) is 9.20 Å². The van der Waals surface area contributed by atoms with Gasteiger partial charge in [-0.2, -0.15) is 0 Å². The molecular weight excluding hydrogens is 322 g/mol. The van der Waals surface area contributed by atoms with Crippen LogP contribution in [0.25, 0.3) is 4.96 Å². The molecule has 0 unspecified atom stereocenters. The number of thiazole rings is 1. The lowest BCUT2D eigenvalue weighted by molar-refractivity contribution is 0.0679. The van der Waals surface area contributed by atoms with Crippen LogP contribution in [0, 0.1) is 12.8 Å². The number of carbonyl (C=O) groups excluding carboxylic acids is 1. The molecule has 6 nitrogen and oxygen atoms in total. The van der Waals surface area contributed by atoms with Crippen molar-refractivity contribution in [1.29, 1.82) is 0 Å². The first-order valence-electron chi connectivity index (χ1n) is 8.40. The van der Waals surface area contributed by atoms with Crippen LogP contribution in [-0.2, 0) is 6.54 Å². The van der Waals surface area contributed by atoms with E-state index in [-0.39, 0.29) is 5.91 Å². The van der Waals surface area contributed by atoms with Crippen LogP contribution in [0.15, 0.2) is 30.2 Å². The van der Waals surface area contributed by atoms with E-state index in [9.17, 15) is 4.79 Å². The standard InChI is InChI=1S/C17H21N5OS/c1-13-18-5-9-20(13)6-2-14-3-7-21(8-4-14)16(23)15-12-22-10-11-24-17(22)19-15/h5,9-12,14H,2-4,6-8H2,1H3. The average molecular weight is 343 g/mol. The molecule has 24 heavy (non-hydrogen) atoms. The minimum atomic E-state index is 0.0646. The average Bonchev–Trinajstić information content (AvgIpc) is 3.29. The molecule has 3 aromatic rings. The van der Waals surface area contributed by atoms with Crippen LogP contribution >= 0.6 is 11.3 Å². The summed E-state index contributed by atoms with van der Waals surface area (Å²) in [5, 5.41) is 1.98. The Morgan fingerprint density at radius 2 is 2.17 bits per heavy atom. The normalized spacial score (nSPS) is 16.1. The second kappa shape index (κ2) is 6.39. The number of aromatic nitrogens is 4. The van der Waals surface area contributed by atoms with Gasteiger partial charge in [-0.25, -0.2) is 9.97 Å². The van der Waals surface area contributed by atoms with Gasteiger partial charge in [0, 0.05) is 49.8 Å². The van der Waals surface area contributed by atoms with Gasteiger partial charge in [-0.1, -0.05) is 0 Å². The van der Waals surface area contributed by atoms with Crippen LogP contribution in [0.2, 0.25) is 0 Å². The number of imidazole rings is 2. The van der Waals surface area contributed by atoms with E-state index in [0.717, 1.165) is 49.7 Å². The van der Waals surface area contributed by atoms with Gasteiger partial charge in [-0.15, -0.1) is 11.3 Å². The second-order valence-corrected chi connectivity index (χ2v) is 7.28. The van der Waals surface area contributed by atoms with Gasteiger partial charge in [-0.05, 0) is 32.1 Å². The van der Waals surface area contributed by atoms with Crippen LogP contribution in [-0.4, -0.2) is 42.8 Å². The lowest BCUT2D eigenvalue weighted by Crippen LogP contribution is -2.38. The third kappa shape index (κ3) is 2.96. The highest BCUT2D eigenvalue weighted by atomic mass is 32.1. The minimum Gasteiger partial charge on any atom is -0.337 e. The van der Waals surface area contributed by atoms with E-state index >= 15 is 0 Å². The monoisotopic (exact) mass is 343 g/mol. The summed E-state index contributed by atoms with van der Waals surface area (Å²) in [7, 11) is 0. The number of nitrogens with zero attached hydrogens (tertiary/aromatic N) is 5. The SMILES string of the molecule is Cc1nccn1CCC1CCN(C(=O)c2cn3ccsc3n2)CC1. The Morgan fingerprint density at radius 3 is 2.88 bits per heavy atom. The highest BCUT2D eigenvalue weighted by Gasteiger charge is 2.25. The first-order valence-corrected chi connectivity index (χ1v) is 9.28. The molecule has 126 valence electrons. The van der Waals surface area contributed by atoms with Crippen molar-refractivity contribution in [1.82, 2.24) is 23.8 Å². The van der Waals surface area contributed by atoms with Crippen molar-refractivity contribution in [3.05, 3.63) is 41.7 Å². The maximum absolute atomic E-state index is 12.6. The number of aryl methyl sites for hydroxylation is 2. The van der Waals surface area contributed by atoms with Crippen molar-refractivity contribution in [3.63, 3.8) is 0 Å². The zero-order valence-electron chi connectivity index (χ0n) is 13.8. The summed E-state index contributed by atoms with van der Waals surface area (Å²) in [6.45, 7) is 4.72. The summed E-state index contributed by atoms with van der Waals surface area (Å²) < 4.78 is 4.12. The number of rotatable bonds is 4. The molecule has 1 fully saturated rings.